The van der Waals surface area contributed by atoms with Gasteiger partial charge in [0.25, 0.3) is 0 Å². The smallest absolute Gasteiger partial charge is 0.0475 e. The molecule has 0 amide bonds. The maximum atomic E-state index is 4.38. The van der Waals surface area contributed by atoms with Gasteiger partial charge in [-0.1, -0.05) is 42.8 Å². The third-order valence-electron chi connectivity index (χ3n) is 2.71. The van der Waals surface area contributed by atoms with Crippen molar-refractivity contribution in [2.75, 3.05) is 0 Å². The van der Waals surface area contributed by atoms with Crippen molar-refractivity contribution in [3.63, 3.8) is 0 Å². The Kier molecular flexibility index (Phi) is 2.82. The van der Waals surface area contributed by atoms with Crippen molar-refractivity contribution in [2.24, 2.45) is 0 Å². The van der Waals surface area contributed by atoms with Gasteiger partial charge in [0, 0.05) is 17.8 Å². The van der Waals surface area contributed by atoms with Crippen LogP contribution >= 0.6 is 0 Å². The standard InChI is InChI=1S/C14H15N/c1-11-6-8-13(9-7-11)12(2)14-5-3-4-10-15-14/h3-10,12H,1-2H3/t12-/m1/s1. The fourth-order valence-corrected chi connectivity index (χ4v) is 1.66. The van der Waals surface area contributed by atoms with E-state index in [9.17, 15) is 0 Å². The summed E-state index contributed by atoms with van der Waals surface area (Å²) in [5, 5.41) is 0. The zero-order valence-corrected chi connectivity index (χ0v) is 9.14. The highest BCUT2D eigenvalue weighted by atomic mass is 14.7. The van der Waals surface area contributed by atoms with Crippen LogP contribution in [0.4, 0.5) is 0 Å². The molecule has 15 heavy (non-hydrogen) atoms. The molecular formula is C14H15N. The molecule has 76 valence electrons. The lowest BCUT2D eigenvalue weighted by Gasteiger charge is -2.11. The predicted octanol–water partition coefficient (Wildman–Crippen LogP) is 3.54. The molecule has 1 heteroatoms. The van der Waals surface area contributed by atoms with Crippen LogP contribution in [-0.2, 0) is 0 Å². The third-order valence-corrected chi connectivity index (χ3v) is 2.71. The molecular weight excluding hydrogens is 182 g/mol. The van der Waals surface area contributed by atoms with E-state index in [1.165, 1.54) is 11.1 Å². The van der Waals surface area contributed by atoms with E-state index in [1.54, 1.807) is 0 Å². The van der Waals surface area contributed by atoms with Gasteiger partial charge in [-0.05, 0) is 24.6 Å². The van der Waals surface area contributed by atoms with Gasteiger partial charge in [-0.3, -0.25) is 4.98 Å². The van der Waals surface area contributed by atoms with Gasteiger partial charge in [0.1, 0.15) is 0 Å². The lowest BCUT2D eigenvalue weighted by atomic mass is 9.96. The summed E-state index contributed by atoms with van der Waals surface area (Å²) in [6.45, 7) is 4.29. The summed E-state index contributed by atoms with van der Waals surface area (Å²) < 4.78 is 0. The summed E-state index contributed by atoms with van der Waals surface area (Å²) >= 11 is 0. The third kappa shape index (κ3) is 2.24. The molecule has 0 saturated heterocycles. The molecule has 1 aromatic carbocycles. The van der Waals surface area contributed by atoms with Crippen LogP contribution in [0.15, 0.2) is 48.7 Å². The van der Waals surface area contributed by atoms with E-state index in [2.05, 4.69) is 49.2 Å². The number of nitrogens with zero attached hydrogens (tertiary/aromatic N) is 1. The molecule has 2 rings (SSSR count). The molecule has 2 aromatic rings. The molecule has 0 unspecified atom stereocenters. The van der Waals surface area contributed by atoms with E-state index in [4.69, 9.17) is 0 Å². The molecule has 0 spiro atoms. The molecule has 0 aliphatic carbocycles. The summed E-state index contributed by atoms with van der Waals surface area (Å²) in [7, 11) is 0. The molecule has 1 atom stereocenters. The van der Waals surface area contributed by atoms with Crippen molar-refractivity contribution in [3.8, 4) is 0 Å². The van der Waals surface area contributed by atoms with Crippen LogP contribution in [0.3, 0.4) is 0 Å². The average Bonchev–Trinajstić information content (AvgIpc) is 2.30. The first kappa shape index (κ1) is 9.91. The maximum Gasteiger partial charge on any atom is 0.0475 e. The minimum absolute atomic E-state index is 0.367. The molecule has 1 nitrogen and oxygen atoms in total. The lowest BCUT2D eigenvalue weighted by Crippen LogP contribution is -1.98. The average molecular weight is 197 g/mol. The number of aromatic nitrogens is 1. The van der Waals surface area contributed by atoms with E-state index in [1.807, 2.05) is 18.3 Å². The van der Waals surface area contributed by atoms with Crippen molar-refractivity contribution >= 4 is 0 Å². The van der Waals surface area contributed by atoms with Crippen molar-refractivity contribution < 1.29 is 0 Å². The number of rotatable bonds is 2. The number of benzene rings is 1. The molecule has 0 saturated carbocycles. The zero-order valence-electron chi connectivity index (χ0n) is 9.14. The molecule has 0 radical (unpaired) electrons. The molecule has 0 fully saturated rings. The maximum absolute atomic E-state index is 4.38. The largest absolute Gasteiger partial charge is 0.261 e. The minimum Gasteiger partial charge on any atom is -0.261 e. The van der Waals surface area contributed by atoms with Gasteiger partial charge < -0.3 is 0 Å². The minimum atomic E-state index is 0.367. The Morgan fingerprint density at radius 1 is 1.00 bits per heavy atom. The predicted molar refractivity (Wildman–Crippen MR) is 62.9 cm³/mol. The van der Waals surface area contributed by atoms with Crippen LogP contribution in [0.2, 0.25) is 0 Å². The summed E-state index contributed by atoms with van der Waals surface area (Å²) in [5.74, 6) is 0.367. The van der Waals surface area contributed by atoms with Gasteiger partial charge in [0.2, 0.25) is 0 Å². The van der Waals surface area contributed by atoms with E-state index in [0.29, 0.717) is 5.92 Å². The Labute approximate surface area is 90.8 Å². The van der Waals surface area contributed by atoms with Crippen molar-refractivity contribution in [1.29, 1.82) is 0 Å². The van der Waals surface area contributed by atoms with Crippen LogP contribution in [0.25, 0.3) is 0 Å². The van der Waals surface area contributed by atoms with Crippen LogP contribution in [-0.4, -0.2) is 4.98 Å². The molecule has 0 N–H and O–H groups in total. The number of hydrogen-bond acceptors (Lipinski definition) is 1. The Morgan fingerprint density at radius 2 is 1.73 bits per heavy atom. The van der Waals surface area contributed by atoms with Gasteiger partial charge in [0.15, 0.2) is 0 Å². The monoisotopic (exact) mass is 197 g/mol. The second-order valence-corrected chi connectivity index (χ2v) is 3.89. The van der Waals surface area contributed by atoms with Gasteiger partial charge in [-0.15, -0.1) is 0 Å². The Balaban J connectivity index is 2.29. The van der Waals surface area contributed by atoms with Gasteiger partial charge >= 0.3 is 0 Å². The van der Waals surface area contributed by atoms with Crippen LogP contribution in [0.5, 0.6) is 0 Å². The van der Waals surface area contributed by atoms with E-state index < -0.39 is 0 Å². The summed E-state index contributed by atoms with van der Waals surface area (Å²) in [5.41, 5.74) is 3.74. The first-order chi connectivity index (χ1) is 7.27. The van der Waals surface area contributed by atoms with Crippen LogP contribution in [0.1, 0.15) is 29.7 Å². The summed E-state index contributed by atoms with van der Waals surface area (Å²) in [6.07, 6.45) is 1.85. The quantitative estimate of drug-likeness (QED) is 0.717. The van der Waals surface area contributed by atoms with E-state index >= 15 is 0 Å². The number of aryl methyl sites for hydroxylation is 1. The SMILES string of the molecule is Cc1ccc([C@@H](C)c2ccccn2)cc1. The molecule has 1 aromatic heterocycles. The Hall–Kier alpha value is -1.63. The highest BCUT2D eigenvalue weighted by Gasteiger charge is 2.08. The van der Waals surface area contributed by atoms with Crippen molar-refractivity contribution in [1.82, 2.24) is 4.98 Å². The fourth-order valence-electron chi connectivity index (χ4n) is 1.66. The lowest BCUT2D eigenvalue weighted by molar-refractivity contribution is 0.871. The number of pyridine rings is 1. The van der Waals surface area contributed by atoms with Crippen LogP contribution < -0.4 is 0 Å². The van der Waals surface area contributed by atoms with E-state index in [0.717, 1.165) is 5.69 Å². The second-order valence-electron chi connectivity index (χ2n) is 3.89. The number of hydrogen-bond donors (Lipinski definition) is 0. The van der Waals surface area contributed by atoms with Crippen LogP contribution in [0, 0.1) is 6.92 Å². The molecule has 0 aliphatic rings. The summed E-state index contributed by atoms with van der Waals surface area (Å²) in [6, 6.07) is 14.7. The van der Waals surface area contributed by atoms with Gasteiger partial charge in [-0.2, -0.15) is 0 Å². The van der Waals surface area contributed by atoms with Crippen molar-refractivity contribution in [2.45, 2.75) is 19.8 Å². The first-order valence-electron chi connectivity index (χ1n) is 5.25. The zero-order chi connectivity index (χ0) is 10.7. The molecule has 0 bridgehead atoms. The van der Waals surface area contributed by atoms with Gasteiger partial charge in [0.05, 0.1) is 0 Å². The van der Waals surface area contributed by atoms with Gasteiger partial charge in [-0.25, -0.2) is 0 Å². The fraction of sp³-hybridized carbons (Fsp3) is 0.214. The summed E-state index contributed by atoms with van der Waals surface area (Å²) in [4.78, 5) is 4.38. The second kappa shape index (κ2) is 4.26. The Bertz CT molecular complexity index is 417. The van der Waals surface area contributed by atoms with E-state index in [-0.39, 0.29) is 0 Å². The highest BCUT2D eigenvalue weighted by Crippen LogP contribution is 2.21. The molecule has 0 aliphatic heterocycles. The highest BCUT2D eigenvalue weighted by molar-refractivity contribution is 5.29. The molecule has 1 heterocycles. The topological polar surface area (TPSA) is 12.9 Å². The Morgan fingerprint density at radius 3 is 2.33 bits per heavy atom. The first-order valence-corrected chi connectivity index (χ1v) is 5.25. The normalized spacial score (nSPS) is 12.4. The van der Waals surface area contributed by atoms with Crippen molar-refractivity contribution in [3.05, 3.63) is 65.5 Å².